The predicted octanol–water partition coefficient (Wildman–Crippen LogP) is 1.37. The fourth-order valence-electron chi connectivity index (χ4n) is 2.61. The Kier molecular flexibility index (Phi) is 4.65. The van der Waals surface area contributed by atoms with E-state index in [0.29, 0.717) is 6.54 Å². The van der Waals surface area contributed by atoms with Gasteiger partial charge in [0.15, 0.2) is 0 Å². The lowest BCUT2D eigenvalue weighted by Crippen LogP contribution is -2.43. The van der Waals surface area contributed by atoms with Crippen molar-refractivity contribution in [3.8, 4) is 0 Å². The third-order valence-electron chi connectivity index (χ3n) is 3.74. The van der Waals surface area contributed by atoms with Crippen LogP contribution in [0.15, 0.2) is 27.6 Å². The normalized spacial score (nSPS) is 17.1. The Morgan fingerprint density at radius 1 is 1.45 bits per heavy atom. The molecular weight excluding hydrogens is 324 g/mol. The van der Waals surface area contributed by atoms with Crippen molar-refractivity contribution in [3.63, 3.8) is 0 Å². The first kappa shape index (κ1) is 15.3. The number of rotatable bonds is 4. The van der Waals surface area contributed by atoms with Crippen molar-refractivity contribution < 1.29 is 9.90 Å². The van der Waals surface area contributed by atoms with Crippen molar-refractivity contribution in [2.45, 2.75) is 37.8 Å². The Bertz CT molecular complexity index is 550. The first-order valence-corrected chi connectivity index (χ1v) is 7.51. The van der Waals surface area contributed by atoms with Gasteiger partial charge in [0.1, 0.15) is 6.54 Å². The molecule has 0 atom stereocenters. The predicted molar refractivity (Wildman–Crippen MR) is 79.5 cm³/mol. The van der Waals surface area contributed by atoms with Crippen molar-refractivity contribution in [2.24, 2.45) is 0 Å². The van der Waals surface area contributed by atoms with Gasteiger partial charge in [-0.05, 0) is 34.8 Å². The molecule has 0 spiro atoms. The molecule has 5 nitrogen and oxygen atoms in total. The van der Waals surface area contributed by atoms with Gasteiger partial charge in [0.05, 0.1) is 5.60 Å². The van der Waals surface area contributed by atoms with Gasteiger partial charge >= 0.3 is 0 Å². The molecule has 1 saturated carbocycles. The van der Waals surface area contributed by atoms with Crippen LogP contribution in [0.4, 0.5) is 0 Å². The zero-order chi connectivity index (χ0) is 14.8. The summed E-state index contributed by atoms with van der Waals surface area (Å²) in [5.41, 5.74) is -0.971. The molecule has 1 N–H and O–H groups in total. The lowest BCUT2D eigenvalue weighted by atomic mass is 10.0. The molecule has 6 heteroatoms. The van der Waals surface area contributed by atoms with E-state index in [9.17, 15) is 14.7 Å². The molecular formula is C14H19BrN2O3. The topological polar surface area (TPSA) is 62.5 Å². The molecule has 0 bridgehead atoms. The third kappa shape index (κ3) is 3.70. The minimum atomic E-state index is -0.757. The van der Waals surface area contributed by atoms with E-state index in [0.717, 1.165) is 30.2 Å². The molecule has 110 valence electrons. The van der Waals surface area contributed by atoms with Crippen LogP contribution < -0.4 is 5.56 Å². The second-order valence-electron chi connectivity index (χ2n) is 5.49. The van der Waals surface area contributed by atoms with Gasteiger partial charge in [0, 0.05) is 30.3 Å². The molecule has 1 amide bonds. The van der Waals surface area contributed by atoms with Crippen molar-refractivity contribution in [3.05, 3.63) is 33.2 Å². The maximum atomic E-state index is 12.1. The molecule has 0 aromatic carbocycles. The Balaban J connectivity index is 2.00. The van der Waals surface area contributed by atoms with Crippen molar-refractivity contribution in [2.75, 3.05) is 13.6 Å². The van der Waals surface area contributed by atoms with E-state index < -0.39 is 5.60 Å². The number of hydrogen-bond acceptors (Lipinski definition) is 3. The van der Waals surface area contributed by atoms with Crippen LogP contribution in [-0.2, 0) is 11.3 Å². The summed E-state index contributed by atoms with van der Waals surface area (Å²) in [5.74, 6) is -0.175. The molecule has 1 aromatic rings. The van der Waals surface area contributed by atoms with E-state index in [1.165, 1.54) is 15.5 Å². The molecule has 20 heavy (non-hydrogen) atoms. The van der Waals surface area contributed by atoms with Gasteiger partial charge < -0.3 is 14.6 Å². The van der Waals surface area contributed by atoms with Crippen LogP contribution in [0, 0.1) is 0 Å². The highest BCUT2D eigenvalue weighted by Gasteiger charge is 2.33. The average molecular weight is 343 g/mol. The summed E-state index contributed by atoms with van der Waals surface area (Å²) in [6.45, 7) is 0.319. The van der Waals surface area contributed by atoms with Gasteiger partial charge in [-0.3, -0.25) is 9.59 Å². The zero-order valence-corrected chi connectivity index (χ0v) is 13.1. The Morgan fingerprint density at radius 2 is 2.10 bits per heavy atom. The highest BCUT2D eigenvalue weighted by molar-refractivity contribution is 9.10. The second-order valence-corrected chi connectivity index (χ2v) is 6.41. The van der Waals surface area contributed by atoms with E-state index >= 15 is 0 Å². The van der Waals surface area contributed by atoms with E-state index in [1.807, 2.05) is 0 Å². The van der Waals surface area contributed by atoms with Crippen LogP contribution in [0.5, 0.6) is 0 Å². The summed E-state index contributed by atoms with van der Waals surface area (Å²) in [6.07, 6.45) is 5.08. The van der Waals surface area contributed by atoms with Crippen LogP contribution in [0.25, 0.3) is 0 Å². The lowest BCUT2D eigenvalue weighted by molar-refractivity contribution is -0.133. The van der Waals surface area contributed by atoms with E-state index in [-0.39, 0.29) is 18.0 Å². The highest BCUT2D eigenvalue weighted by Crippen LogP contribution is 2.29. The standard InChI is InChI=1S/C14H19BrN2O3/c1-16(10-14(20)6-2-3-7-14)13(19)9-17-8-11(15)4-5-12(17)18/h4-5,8,20H,2-3,6-7,9-10H2,1H3. The van der Waals surface area contributed by atoms with Gasteiger partial charge in [-0.1, -0.05) is 12.8 Å². The van der Waals surface area contributed by atoms with E-state index in [4.69, 9.17) is 0 Å². The SMILES string of the molecule is CN(CC1(O)CCCC1)C(=O)Cn1cc(Br)ccc1=O. The monoisotopic (exact) mass is 342 g/mol. The van der Waals surface area contributed by atoms with Gasteiger partial charge in [-0.2, -0.15) is 0 Å². The second kappa shape index (κ2) is 6.10. The van der Waals surface area contributed by atoms with Gasteiger partial charge in [-0.25, -0.2) is 0 Å². The maximum absolute atomic E-state index is 12.1. The number of aromatic nitrogens is 1. The summed E-state index contributed by atoms with van der Waals surface area (Å²) in [5, 5.41) is 10.3. The summed E-state index contributed by atoms with van der Waals surface area (Å²) in [4.78, 5) is 25.3. The number of aliphatic hydroxyl groups is 1. The number of pyridine rings is 1. The van der Waals surface area contributed by atoms with Crippen LogP contribution >= 0.6 is 15.9 Å². The van der Waals surface area contributed by atoms with Crippen molar-refractivity contribution in [1.82, 2.24) is 9.47 Å². The van der Waals surface area contributed by atoms with Crippen molar-refractivity contribution >= 4 is 21.8 Å². The number of likely N-dealkylation sites (N-methyl/N-ethyl adjacent to an activating group) is 1. The Hall–Kier alpha value is -1.14. The van der Waals surface area contributed by atoms with Gasteiger partial charge in [0.25, 0.3) is 5.56 Å². The molecule has 1 heterocycles. The quantitative estimate of drug-likeness (QED) is 0.898. The maximum Gasteiger partial charge on any atom is 0.251 e. The molecule has 0 saturated heterocycles. The molecule has 1 aliphatic carbocycles. The molecule has 1 fully saturated rings. The minimum Gasteiger partial charge on any atom is -0.388 e. The summed E-state index contributed by atoms with van der Waals surface area (Å²) in [6, 6.07) is 3.07. The molecule has 1 aliphatic rings. The fourth-order valence-corrected chi connectivity index (χ4v) is 2.99. The largest absolute Gasteiger partial charge is 0.388 e. The number of carbonyl (C=O) groups excluding carboxylic acids is 1. The molecule has 2 rings (SSSR count). The zero-order valence-electron chi connectivity index (χ0n) is 11.5. The third-order valence-corrected chi connectivity index (χ3v) is 4.21. The number of carbonyl (C=O) groups is 1. The Morgan fingerprint density at radius 3 is 2.75 bits per heavy atom. The molecule has 0 aliphatic heterocycles. The number of nitrogens with zero attached hydrogens (tertiary/aromatic N) is 2. The fraction of sp³-hybridized carbons (Fsp3) is 0.571. The van der Waals surface area contributed by atoms with Gasteiger partial charge in [0.2, 0.25) is 5.91 Å². The lowest BCUT2D eigenvalue weighted by Gasteiger charge is -2.28. The number of hydrogen-bond donors (Lipinski definition) is 1. The smallest absolute Gasteiger partial charge is 0.251 e. The summed E-state index contributed by atoms with van der Waals surface area (Å²) >= 11 is 3.28. The van der Waals surface area contributed by atoms with Crippen LogP contribution in [-0.4, -0.2) is 39.7 Å². The van der Waals surface area contributed by atoms with Gasteiger partial charge in [-0.15, -0.1) is 0 Å². The van der Waals surface area contributed by atoms with Crippen molar-refractivity contribution in [1.29, 1.82) is 0 Å². The molecule has 1 aromatic heterocycles. The molecule has 0 radical (unpaired) electrons. The number of amides is 1. The first-order chi connectivity index (χ1) is 9.39. The van der Waals surface area contributed by atoms with E-state index in [1.54, 1.807) is 19.3 Å². The van der Waals surface area contributed by atoms with Crippen LogP contribution in [0.1, 0.15) is 25.7 Å². The molecule has 0 unspecified atom stereocenters. The highest BCUT2D eigenvalue weighted by atomic mass is 79.9. The van der Waals surface area contributed by atoms with Crippen LogP contribution in [0.3, 0.4) is 0 Å². The number of halogens is 1. The summed E-state index contributed by atoms with van der Waals surface area (Å²) in [7, 11) is 1.67. The first-order valence-electron chi connectivity index (χ1n) is 6.72. The van der Waals surface area contributed by atoms with E-state index in [2.05, 4.69) is 15.9 Å². The average Bonchev–Trinajstić information content (AvgIpc) is 2.80. The Labute approximate surface area is 126 Å². The minimum absolute atomic E-state index is 0.00907. The summed E-state index contributed by atoms with van der Waals surface area (Å²) < 4.78 is 2.11. The van der Waals surface area contributed by atoms with Crippen LogP contribution in [0.2, 0.25) is 0 Å².